The summed E-state index contributed by atoms with van der Waals surface area (Å²) in [6.07, 6.45) is -1.39. The predicted octanol–water partition coefficient (Wildman–Crippen LogP) is 3.82. The van der Waals surface area contributed by atoms with E-state index in [0.717, 1.165) is 12.1 Å². The molecule has 0 aliphatic carbocycles. The minimum absolute atomic E-state index is 0.366. The Morgan fingerprint density at radius 3 is 2.32 bits per heavy atom. The molecule has 0 heterocycles. The van der Waals surface area contributed by atoms with Gasteiger partial charge in [0, 0.05) is 4.47 Å². The van der Waals surface area contributed by atoms with Gasteiger partial charge >= 0.3 is 0 Å². The molecule has 0 fully saturated rings. The summed E-state index contributed by atoms with van der Waals surface area (Å²) in [7, 11) is 1.51. The van der Waals surface area contributed by atoms with Crippen LogP contribution in [0, 0.1) is 11.6 Å². The van der Waals surface area contributed by atoms with E-state index in [4.69, 9.17) is 4.74 Å². The van der Waals surface area contributed by atoms with E-state index in [0.29, 0.717) is 15.8 Å². The van der Waals surface area contributed by atoms with Gasteiger partial charge in [0.15, 0.2) is 0 Å². The summed E-state index contributed by atoms with van der Waals surface area (Å²) in [5.74, 6) is -0.984. The number of rotatable bonds is 3. The predicted molar refractivity (Wildman–Crippen MR) is 71.1 cm³/mol. The van der Waals surface area contributed by atoms with Crippen LogP contribution in [0.15, 0.2) is 40.9 Å². The maximum Gasteiger partial charge on any atom is 0.132 e. The summed E-state index contributed by atoms with van der Waals surface area (Å²) in [5, 5.41) is 10.1. The maximum atomic E-state index is 13.6. The highest BCUT2D eigenvalue weighted by atomic mass is 79.9. The van der Waals surface area contributed by atoms with E-state index in [1.165, 1.54) is 13.2 Å². The summed E-state index contributed by atoms with van der Waals surface area (Å²) in [6, 6.07) is 8.26. The number of methoxy groups -OCH3 is 1. The van der Waals surface area contributed by atoms with Crippen molar-refractivity contribution < 1.29 is 18.6 Å². The van der Waals surface area contributed by atoms with E-state index in [1.54, 1.807) is 18.2 Å². The van der Waals surface area contributed by atoms with Gasteiger partial charge in [0.1, 0.15) is 23.5 Å². The number of hydrogen-bond acceptors (Lipinski definition) is 2. The molecule has 0 aliphatic rings. The first-order valence-corrected chi connectivity index (χ1v) is 6.29. The molecule has 100 valence electrons. The van der Waals surface area contributed by atoms with Crippen LogP contribution in [-0.2, 0) is 0 Å². The fourth-order valence-electron chi connectivity index (χ4n) is 1.78. The highest BCUT2D eigenvalue weighted by Gasteiger charge is 2.21. The van der Waals surface area contributed by atoms with E-state index in [9.17, 15) is 13.9 Å². The molecule has 0 aromatic heterocycles. The Bertz CT molecular complexity index is 582. The third kappa shape index (κ3) is 2.77. The van der Waals surface area contributed by atoms with Crippen molar-refractivity contribution in [2.45, 2.75) is 6.10 Å². The lowest BCUT2D eigenvalue weighted by Gasteiger charge is -2.15. The number of benzene rings is 2. The molecule has 2 aromatic rings. The third-order valence-electron chi connectivity index (χ3n) is 2.78. The molecule has 19 heavy (non-hydrogen) atoms. The van der Waals surface area contributed by atoms with Crippen molar-refractivity contribution in [1.29, 1.82) is 0 Å². The van der Waals surface area contributed by atoms with Gasteiger partial charge in [-0.1, -0.05) is 28.1 Å². The number of aliphatic hydroxyl groups is 1. The van der Waals surface area contributed by atoms with Crippen LogP contribution in [0.4, 0.5) is 8.78 Å². The molecule has 0 amide bonds. The van der Waals surface area contributed by atoms with Crippen molar-refractivity contribution in [3.05, 3.63) is 63.6 Å². The molecule has 1 atom stereocenters. The maximum absolute atomic E-state index is 13.6. The fourth-order valence-corrected chi connectivity index (χ4v) is 2.36. The normalized spacial score (nSPS) is 12.3. The van der Waals surface area contributed by atoms with E-state index in [-0.39, 0.29) is 5.56 Å². The number of aliphatic hydroxyl groups excluding tert-OH is 1. The lowest BCUT2D eigenvalue weighted by molar-refractivity contribution is 0.208. The fraction of sp³-hybridized carbons (Fsp3) is 0.143. The van der Waals surface area contributed by atoms with Crippen molar-refractivity contribution in [1.82, 2.24) is 0 Å². The van der Waals surface area contributed by atoms with Gasteiger partial charge in [0.2, 0.25) is 0 Å². The van der Waals surface area contributed by atoms with Crippen LogP contribution in [0.2, 0.25) is 0 Å². The minimum atomic E-state index is -1.39. The second kappa shape index (κ2) is 5.67. The van der Waals surface area contributed by atoms with Crippen LogP contribution in [-0.4, -0.2) is 12.2 Å². The molecule has 0 aliphatic heterocycles. The third-order valence-corrected chi connectivity index (χ3v) is 3.46. The monoisotopic (exact) mass is 328 g/mol. The van der Waals surface area contributed by atoms with Crippen LogP contribution in [0.1, 0.15) is 17.2 Å². The zero-order chi connectivity index (χ0) is 14.0. The van der Waals surface area contributed by atoms with Crippen molar-refractivity contribution in [2.24, 2.45) is 0 Å². The van der Waals surface area contributed by atoms with Gasteiger partial charge < -0.3 is 9.84 Å². The van der Waals surface area contributed by atoms with Crippen LogP contribution >= 0.6 is 15.9 Å². The zero-order valence-corrected chi connectivity index (χ0v) is 11.6. The van der Waals surface area contributed by atoms with Crippen LogP contribution in [0.5, 0.6) is 5.75 Å². The number of ether oxygens (including phenoxy) is 1. The Labute approximate surface area is 117 Å². The Balaban J connectivity index is 2.47. The first-order valence-electron chi connectivity index (χ1n) is 5.50. The van der Waals surface area contributed by atoms with Crippen molar-refractivity contribution in [3.63, 3.8) is 0 Å². The zero-order valence-electron chi connectivity index (χ0n) is 10.0. The molecule has 1 N–H and O–H groups in total. The van der Waals surface area contributed by atoms with Gasteiger partial charge in [0.25, 0.3) is 0 Å². The van der Waals surface area contributed by atoms with Gasteiger partial charge in [-0.3, -0.25) is 0 Å². The molecular weight excluding hydrogens is 318 g/mol. The van der Waals surface area contributed by atoms with E-state index in [2.05, 4.69) is 15.9 Å². The molecule has 0 radical (unpaired) electrons. The smallest absolute Gasteiger partial charge is 0.132 e. The molecule has 2 nitrogen and oxygen atoms in total. The summed E-state index contributed by atoms with van der Waals surface area (Å²) < 4.78 is 32.8. The number of halogens is 3. The largest absolute Gasteiger partial charge is 0.497 e. The van der Waals surface area contributed by atoms with Crippen molar-refractivity contribution in [2.75, 3.05) is 7.11 Å². The van der Waals surface area contributed by atoms with E-state index < -0.39 is 17.7 Å². The Hall–Kier alpha value is -1.46. The van der Waals surface area contributed by atoms with E-state index in [1.807, 2.05) is 0 Å². The van der Waals surface area contributed by atoms with Crippen LogP contribution in [0.3, 0.4) is 0 Å². The van der Waals surface area contributed by atoms with Crippen molar-refractivity contribution in [3.8, 4) is 5.75 Å². The summed E-state index contributed by atoms with van der Waals surface area (Å²) in [5.41, 5.74) is -0.00170. The minimum Gasteiger partial charge on any atom is -0.497 e. The summed E-state index contributed by atoms with van der Waals surface area (Å²) in [4.78, 5) is 0. The molecule has 5 heteroatoms. The molecule has 2 rings (SSSR count). The number of hydrogen-bond donors (Lipinski definition) is 1. The molecule has 1 unspecified atom stereocenters. The van der Waals surface area contributed by atoms with Gasteiger partial charge in [-0.05, 0) is 29.8 Å². The summed E-state index contributed by atoms with van der Waals surface area (Å²) >= 11 is 3.25. The quantitative estimate of drug-likeness (QED) is 0.928. The van der Waals surface area contributed by atoms with Gasteiger partial charge in [-0.25, -0.2) is 8.78 Å². The first-order chi connectivity index (χ1) is 9.04. The highest BCUT2D eigenvalue weighted by Crippen LogP contribution is 2.33. The van der Waals surface area contributed by atoms with Crippen molar-refractivity contribution >= 4 is 15.9 Å². The first kappa shape index (κ1) is 14.0. The average molecular weight is 329 g/mol. The Morgan fingerprint density at radius 1 is 1.16 bits per heavy atom. The van der Waals surface area contributed by atoms with E-state index >= 15 is 0 Å². The van der Waals surface area contributed by atoms with Gasteiger partial charge in [-0.2, -0.15) is 0 Å². The Morgan fingerprint density at radius 2 is 1.79 bits per heavy atom. The Kier molecular flexibility index (Phi) is 4.17. The van der Waals surface area contributed by atoms with Crippen LogP contribution in [0.25, 0.3) is 0 Å². The molecule has 0 saturated carbocycles. The van der Waals surface area contributed by atoms with Gasteiger partial charge in [-0.15, -0.1) is 0 Å². The molecule has 0 bridgehead atoms. The lowest BCUT2D eigenvalue weighted by Crippen LogP contribution is -2.06. The summed E-state index contributed by atoms with van der Waals surface area (Å²) in [6.45, 7) is 0. The molecule has 0 saturated heterocycles. The standard InChI is InChI=1S/C14H11BrF2O2/c1-19-8-5-6-9(10(15)7-8)14(18)13-11(16)3-2-4-12(13)17/h2-7,14,18H,1H3. The molecule has 2 aromatic carbocycles. The molecular formula is C14H11BrF2O2. The molecule has 0 spiro atoms. The lowest BCUT2D eigenvalue weighted by atomic mass is 10.0. The van der Waals surface area contributed by atoms with Crippen LogP contribution < -0.4 is 4.74 Å². The average Bonchev–Trinajstić information content (AvgIpc) is 2.38. The second-order valence-electron chi connectivity index (χ2n) is 3.93. The second-order valence-corrected chi connectivity index (χ2v) is 4.78. The highest BCUT2D eigenvalue weighted by molar-refractivity contribution is 9.10. The van der Waals surface area contributed by atoms with Gasteiger partial charge in [0.05, 0.1) is 12.7 Å². The topological polar surface area (TPSA) is 29.5 Å². The SMILES string of the molecule is COc1ccc(C(O)c2c(F)cccc2F)c(Br)c1.